The summed E-state index contributed by atoms with van der Waals surface area (Å²) in [6, 6.07) is 0. The number of aliphatic hydroxyl groups excluding tert-OH is 2. The predicted molar refractivity (Wildman–Crippen MR) is 41.5 cm³/mol. The van der Waals surface area contributed by atoms with Crippen molar-refractivity contribution in [1.29, 1.82) is 0 Å². The number of carboxylic acid groups (broad SMARTS) is 2. The second kappa shape index (κ2) is 5.10. The molecule has 1 unspecified atom stereocenters. The van der Waals surface area contributed by atoms with Gasteiger partial charge in [-0.25, -0.2) is 9.59 Å². The van der Waals surface area contributed by atoms with Crippen LogP contribution in [0.1, 0.15) is 0 Å². The Morgan fingerprint density at radius 1 is 1.21 bits per heavy atom. The smallest absolute Gasteiger partial charge is 0.339 e. The summed E-state index contributed by atoms with van der Waals surface area (Å²) >= 11 is 0. The van der Waals surface area contributed by atoms with Gasteiger partial charge >= 0.3 is 11.9 Å². The minimum atomic E-state index is -1.92. The van der Waals surface area contributed by atoms with Crippen LogP contribution in [0.15, 0.2) is 11.6 Å². The van der Waals surface area contributed by atoms with Crippen LogP contribution in [0.2, 0.25) is 0 Å². The molecule has 7 nitrogen and oxygen atoms in total. The Balaban J connectivity index is 4.95. The third-order valence-corrected chi connectivity index (χ3v) is 1.24. The molecule has 0 aromatic heterocycles. The standard InChI is InChI=1S/C7H8O7/c8-2-4(9)6(12)3(7(13)14)1-5(10)11/h1,4,8-9H,2H2,(H,10,11)(H,13,14)/b3-1-. The Labute approximate surface area is 77.9 Å². The molecule has 78 valence electrons. The largest absolute Gasteiger partial charge is 0.478 e. The van der Waals surface area contributed by atoms with Gasteiger partial charge in [0, 0.05) is 6.08 Å². The maximum atomic E-state index is 10.9. The molecule has 1 atom stereocenters. The first-order valence-electron chi connectivity index (χ1n) is 3.41. The van der Waals surface area contributed by atoms with E-state index in [0.717, 1.165) is 0 Å². The minimum absolute atomic E-state index is 0.156. The number of rotatable bonds is 5. The summed E-state index contributed by atoms with van der Waals surface area (Å²) in [6.07, 6.45) is -1.76. The highest BCUT2D eigenvalue weighted by molar-refractivity contribution is 6.20. The highest BCUT2D eigenvalue weighted by Gasteiger charge is 2.24. The lowest BCUT2D eigenvalue weighted by atomic mass is 10.1. The summed E-state index contributed by atoms with van der Waals surface area (Å²) in [5.41, 5.74) is -1.08. The Hall–Kier alpha value is -1.73. The van der Waals surface area contributed by atoms with E-state index in [1.54, 1.807) is 0 Å². The van der Waals surface area contributed by atoms with Crippen molar-refractivity contribution >= 4 is 17.7 Å². The molecule has 0 spiro atoms. The van der Waals surface area contributed by atoms with Gasteiger partial charge in [-0.1, -0.05) is 0 Å². The van der Waals surface area contributed by atoms with Crippen molar-refractivity contribution in [2.75, 3.05) is 6.61 Å². The van der Waals surface area contributed by atoms with Crippen LogP contribution >= 0.6 is 0 Å². The van der Waals surface area contributed by atoms with Crippen LogP contribution < -0.4 is 0 Å². The Morgan fingerprint density at radius 2 is 1.71 bits per heavy atom. The van der Waals surface area contributed by atoms with Crippen LogP contribution in [0.4, 0.5) is 0 Å². The monoisotopic (exact) mass is 204 g/mol. The number of hydrogen-bond donors (Lipinski definition) is 4. The van der Waals surface area contributed by atoms with E-state index in [9.17, 15) is 14.4 Å². The van der Waals surface area contributed by atoms with E-state index >= 15 is 0 Å². The van der Waals surface area contributed by atoms with Gasteiger partial charge in [-0.05, 0) is 0 Å². The fourth-order valence-corrected chi connectivity index (χ4v) is 0.624. The molecule has 14 heavy (non-hydrogen) atoms. The van der Waals surface area contributed by atoms with E-state index < -0.39 is 36.0 Å². The van der Waals surface area contributed by atoms with Crippen LogP contribution in [0.25, 0.3) is 0 Å². The maximum absolute atomic E-state index is 10.9. The van der Waals surface area contributed by atoms with Gasteiger partial charge in [0.25, 0.3) is 0 Å². The van der Waals surface area contributed by atoms with Crippen LogP contribution in [0.5, 0.6) is 0 Å². The predicted octanol–water partition coefficient (Wildman–Crippen LogP) is -2.00. The van der Waals surface area contributed by atoms with Crippen LogP contribution in [0, 0.1) is 0 Å². The molecule has 0 aliphatic heterocycles. The van der Waals surface area contributed by atoms with Crippen molar-refractivity contribution in [3.63, 3.8) is 0 Å². The molecule has 4 N–H and O–H groups in total. The van der Waals surface area contributed by atoms with E-state index in [4.69, 9.17) is 20.4 Å². The van der Waals surface area contributed by atoms with Gasteiger partial charge in [-0.15, -0.1) is 0 Å². The normalized spacial score (nSPS) is 13.4. The third kappa shape index (κ3) is 3.33. The first-order valence-corrected chi connectivity index (χ1v) is 3.41. The Kier molecular flexibility index (Phi) is 4.47. The van der Waals surface area contributed by atoms with E-state index in [1.807, 2.05) is 0 Å². The van der Waals surface area contributed by atoms with E-state index in [1.165, 1.54) is 0 Å². The summed E-state index contributed by atoms with van der Waals surface area (Å²) in [6.45, 7) is -0.969. The first kappa shape index (κ1) is 12.3. The van der Waals surface area contributed by atoms with Crippen LogP contribution in [-0.4, -0.2) is 50.9 Å². The van der Waals surface area contributed by atoms with Gasteiger partial charge in [-0.2, -0.15) is 0 Å². The van der Waals surface area contributed by atoms with Crippen molar-refractivity contribution in [2.24, 2.45) is 0 Å². The second-order valence-electron chi connectivity index (χ2n) is 2.26. The van der Waals surface area contributed by atoms with Gasteiger partial charge in [0.2, 0.25) is 5.78 Å². The number of carbonyl (C=O) groups excluding carboxylic acids is 1. The van der Waals surface area contributed by atoms with Crippen molar-refractivity contribution < 1.29 is 34.8 Å². The average Bonchev–Trinajstić information content (AvgIpc) is 2.11. The molecule has 0 aromatic rings. The number of aliphatic hydroxyl groups is 2. The van der Waals surface area contributed by atoms with Gasteiger partial charge in [0.05, 0.1) is 6.61 Å². The first-order chi connectivity index (χ1) is 6.40. The average molecular weight is 204 g/mol. The van der Waals surface area contributed by atoms with Crippen molar-refractivity contribution in [2.45, 2.75) is 6.10 Å². The number of ketones is 1. The summed E-state index contributed by atoms with van der Waals surface area (Å²) < 4.78 is 0. The molecule has 0 rings (SSSR count). The maximum Gasteiger partial charge on any atom is 0.339 e. The van der Waals surface area contributed by atoms with Crippen LogP contribution in [-0.2, 0) is 14.4 Å². The van der Waals surface area contributed by atoms with E-state index in [-0.39, 0.29) is 6.08 Å². The molecule has 0 saturated carbocycles. The lowest BCUT2D eigenvalue weighted by molar-refractivity contribution is -0.138. The summed E-state index contributed by atoms with van der Waals surface area (Å²) in [7, 11) is 0. The Morgan fingerprint density at radius 3 is 2.00 bits per heavy atom. The van der Waals surface area contributed by atoms with Crippen molar-refractivity contribution in [3.8, 4) is 0 Å². The zero-order valence-electron chi connectivity index (χ0n) is 6.88. The molecule has 0 saturated heterocycles. The molecular formula is C7H8O7. The van der Waals surface area contributed by atoms with Gasteiger partial charge in [0.15, 0.2) is 0 Å². The molecule has 7 heteroatoms. The molecule has 0 aromatic carbocycles. The Bertz CT molecular complexity index is 290. The molecule has 0 amide bonds. The van der Waals surface area contributed by atoms with E-state index in [0.29, 0.717) is 0 Å². The molecule has 0 aliphatic carbocycles. The second-order valence-corrected chi connectivity index (χ2v) is 2.26. The summed E-state index contributed by atoms with van der Waals surface area (Å²) in [5.74, 6) is -4.74. The number of hydrogen-bond acceptors (Lipinski definition) is 5. The molecule has 0 bridgehead atoms. The topological polar surface area (TPSA) is 132 Å². The van der Waals surface area contributed by atoms with Crippen molar-refractivity contribution in [3.05, 3.63) is 11.6 Å². The highest BCUT2D eigenvalue weighted by atomic mass is 16.4. The van der Waals surface area contributed by atoms with Gasteiger partial charge in [-0.3, -0.25) is 4.79 Å². The molecular weight excluding hydrogens is 196 g/mol. The van der Waals surface area contributed by atoms with E-state index in [2.05, 4.69) is 0 Å². The number of aliphatic carboxylic acids is 2. The molecule has 0 radical (unpaired) electrons. The van der Waals surface area contributed by atoms with Gasteiger partial charge < -0.3 is 20.4 Å². The molecule has 0 heterocycles. The third-order valence-electron chi connectivity index (χ3n) is 1.24. The fraction of sp³-hybridized carbons (Fsp3) is 0.286. The SMILES string of the molecule is O=C(O)/C=C(\C(=O)O)C(=O)C(O)CO. The fourth-order valence-electron chi connectivity index (χ4n) is 0.624. The minimum Gasteiger partial charge on any atom is -0.478 e. The zero-order valence-corrected chi connectivity index (χ0v) is 6.88. The van der Waals surface area contributed by atoms with Crippen LogP contribution in [0.3, 0.4) is 0 Å². The molecule has 0 fully saturated rings. The lowest BCUT2D eigenvalue weighted by Gasteiger charge is -2.05. The zero-order chi connectivity index (χ0) is 11.3. The summed E-state index contributed by atoms with van der Waals surface area (Å²) in [4.78, 5) is 31.4. The number of carboxylic acids is 2. The summed E-state index contributed by atoms with van der Waals surface area (Å²) in [5, 5.41) is 33.7. The number of Topliss-reactive ketones (excluding diaryl/α,β-unsaturated/α-hetero) is 1. The molecule has 0 aliphatic rings. The quantitative estimate of drug-likeness (QED) is 0.231. The van der Waals surface area contributed by atoms with Gasteiger partial charge in [0.1, 0.15) is 11.7 Å². The van der Waals surface area contributed by atoms with Crippen molar-refractivity contribution in [1.82, 2.24) is 0 Å². The highest BCUT2D eigenvalue weighted by Crippen LogP contribution is 2.01. The number of carbonyl (C=O) groups is 3. The lowest BCUT2D eigenvalue weighted by Crippen LogP contribution is -2.29.